The van der Waals surface area contributed by atoms with Gasteiger partial charge in [-0.15, -0.1) is 0 Å². The topological polar surface area (TPSA) is 40.5 Å². The van der Waals surface area contributed by atoms with Gasteiger partial charge < -0.3 is 5.11 Å². The standard InChI is InChI=1S/C13H25NO2/c1-5-11(3)14(4)13(12(15)16)9-7-6-8-10(13)2/h10-11H,5-9H2,1-4H3,(H,15,16). The van der Waals surface area contributed by atoms with Crippen LogP contribution in [0.4, 0.5) is 0 Å². The molecule has 3 atom stereocenters. The number of hydrogen-bond acceptors (Lipinski definition) is 2. The summed E-state index contributed by atoms with van der Waals surface area (Å²) in [6.45, 7) is 6.32. The van der Waals surface area contributed by atoms with Crippen molar-refractivity contribution in [1.82, 2.24) is 4.90 Å². The summed E-state index contributed by atoms with van der Waals surface area (Å²) in [6.07, 6.45) is 5.04. The highest BCUT2D eigenvalue weighted by molar-refractivity contribution is 5.79. The lowest BCUT2D eigenvalue weighted by Crippen LogP contribution is -2.61. The van der Waals surface area contributed by atoms with Crippen molar-refractivity contribution in [2.75, 3.05) is 7.05 Å². The monoisotopic (exact) mass is 227 g/mol. The number of carbonyl (C=O) groups is 1. The van der Waals surface area contributed by atoms with Crippen LogP contribution in [0.25, 0.3) is 0 Å². The number of rotatable bonds is 4. The molecule has 1 saturated carbocycles. The van der Waals surface area contributed by atoms with E-state index in [4.69, 9.17) is 0 Å². The molecule has 0 spiro atoms. The number of hydrogen-bond donors (Lipinski definition) is 1. The molecular weight excluding hydrogens is 202 g/mol. The molecule has 0 aromatic heterocycles. The third kappa shape index (κ3) is 2.10. The van der Waals surface area contributed by atoms with Crippen molar-refractivity contribution in [3.05, 3.63) is 0 Å². The van der Waals surface area contributed by atoms with Crippen molar-refractivity contribution in [1.29, 1.82) is 0 Å². The van der Waals surface area contributed by atoms with E-state index in [1.807, 2.05) is 7.05 Å². The van der Waals surface area contributed by atoms with Crippen LogP contribution in [0.15, 0.2) is 0 Å². The predicted octanol–water partition coefficient (Wildman–Crippen LogP) is 2.75. The zero-order valence-electron chi connectivity index (χ0n) is 11.0. The van der Waals surface area contributed by atoms with E-state index in [0.29, 0.717) is 6.04 Å². The molecule has 1 fully saturated rings. The molecule has 0 radical (unpaired) electrons. The second-order valence-electron chi connectivity index (χ2n) is 5.24. The molecule has 16 heavy (non-hydrogen) atoms. The van der Waals surface area contributed by atoms with Crippen LogP contribution in [0.1, 0.15) is 52.9 Å². The summed E-state index contributed by atoms with van der Waals surface area (Å²) in [7, 11) is 1.98. The van der Waals surface area contributed by atoms with E-state index in [-0.39, 0.29) is 5.92 Å². The van der Waals surface area contributed by atoms with Gasteiger partial charge in [0.2, 0.25) is 0 Å². The van der Waals surface area contributed by atoms with Gasteiger partial charge in [-0.3, -0.25) is 9.69 Å². The first-order valence-corrected chi connectivity index (χ1v) is 6.43. The van der Waals surface area contributed by atoms with E-state index in [9.17, 15) is 9.90 Å². The van der Waals surface area contributed by atoms with E-state index in [2.05, 4.69) is 25.7 Å². The van der Waals surface area contributed by atoms with E-state index in [1.165, 1.54) is 6.42 Å². The van der Waals surface area contributed by atoms with Gasteiger partial charge in [0.25, 0.3) is 0 Å². The maximum atomic E-state index is 11.7. The average molecular weight is 227 g/mol. The fourth-order valence-electron chi connectivity index (χ4n) is 2.99. The van der Waals surface area contributed by atoms with Crippen molar-refractivity contribution in [3.8, 4) is 0 Å². The van der Waals surface area contributed by atoms with Crippen LogP contribution in [-0.4, -0.2) is 34.6 Å². The Balaban J connectivity index is 2.99. The molecule has 0 bridgehead atoms. The van der Waals surface area contributed by atoms with Crippen molar-refractivity contribution in [2.45, 2.75) is 64.5 Å². The predicted molar refractivity (Wildman–Crippen MR) is 65.5 cm³/mol. The highest BCUT2D eigenvalue weighted by atomic mass is 16.4. The van der Waals surface area contributed by atoms with E-state index < -0.39 is 11.5 Å². The van der Waals surface area contributed by atoms with Gasteiger partial charge in [0.1, 0.15) is 5.54 Å². The normalized spacial score (nSPS) is 32.7. The highest BCUT2D eigenvalue weighted by Crippen LogP contribution is 2.39. The fraction of sp³-hybridized carbons (Fsp3) is 0.923. The first-order chi connectivity index (χ1) is 7.46. The molecule has 1 rings (SSSR count). The molecule has 1 aliphatic carbocycles. The second-order valence-corrected chi connectivity index (χ2v) is 5.24. The first kappa shape index (κ1) is 13.5. The third-order valence-corrected chi connectivity index (χ3v) is 4.51. The van der Waals surface area contributed by atoms with Crippen molar-refractivity contribution in [3.63, 3.8) is 0 Å². The third-order valence-electron chi connectivity index (χ3n) is 4.51. The van der Waals surface area contributed by atoms with Crippen LogP contribution in [0.3, 0.4) is 0 Å². The summed E-state index contributed by atoms with van der Waals surface area (Å²) in [5, 5.41) is 9.63. The minimum atomic E-state index is -0.637. The fourth-order valence-corrected chi connectivity index (χ4v) is 2.99. The molecule has 0 aromatic carbocycles. The van der Waals surface area contributed by atoms with Crippen LogP contribution in [0.5, 0.6) is 0 Å². The minimum Gasteiger partial charge on any atom is -0.480 e. The largest absolute Gasteiger partial charge is 0.480 e. The molecule has 1 N–H and O–H groups in total. The van der Waals surface area contributed by atoms with Crippen LogP contribution in [0.2, 0.25) is 0 Å². The Bertz CT molecular complexity index is 254. The Morgan fingerprint density at radius 1 is 1.56 bits per heavy atom. The Kier molecular flexibility index (Phi) is 4.36. The molecule has 3 nitrogen and oxygen atoms in total. The highest BCUT2D eigenvalue weighted by Gasteiger charge is 2.49. The van der Waals surface area contributed by atoms with Crippen LogP contribution >= 0.6 is 0 Å². The molecule has 0 amide bonds. The molecule has 0 aromatic rings. The van der Waals surface area contributed by atoms with Crippen LogP contribution in [-0.2, 0) is 4.79 Å². The zero-order valence-corrected chi connectivity index (χ0v) is 11.0. The first-order valence-electron chi connectivity index (χ1n) is 6.43. The average Bonchev–Trinajstić information content (AvgIpc) is 2.27. The van der Waals surface area contributed by atoms with Gasteiger partial charge in [0, 0.05) is 6.04 Å². The maximum absolute atomic E-state index is 11.7. The molecule has 94 valence electrons. The summed E-state index contributed by atoms with van der Waals surface area (Å²) in [6, 6.07) is 0.330. The van der Waals surface area contributed by atoms with Gasteiger partial charge >= 0.3 is 5.97 Å². The lowest BCUT2D eigenvalue weighted by molar-refractivity contribution is -0.159. The Morgan fingerprint density at radius 2 is 2.19 bits per heavy atom. The summed E-state index contributed by atoms with van der Waals surface area (Å²) < 4.78 is 0. The number of aliphatic carboxylic acids is 1. The second kappa shape index (κ2) is 5.17. The Morgan fingerprint density at radius 3 is 2.62 bits per heavy atom. The van der Waals surface area contributed by atoms with Gasteiger partial charge in [-0.2, -0.15) is 0 Å². The summed E-state index contributed by atoms with van der Waals surface area (Å²) in [5.74, 6) is -0.389. The van der Waals surface area contributed by atoms with E-state index in [1.54, 1.807) is 0 Å². The molecule has 3 heteroatoms. The molecule has 1 aliphatic rings. The van der Waals surface area contributed by atoms with Crippen molar-refractivity contribution in [2.24, 2.45) is 5.92 Å². The quantitative estimate of drug-likeness (QED) is 0.803. The summed E-state index contributed by atoms with van der Waals surface area (Å²) in [5.41, 5.74) is -0.631. The van der Waals surface area contributed by atoms with Crippen molar-refractivity contribution >= 4 is 5.97 Å². The van der Waals surface area contributed by atoms with Gasteiger partial charge in [-0.1, -0.05) is 26.7 Å². The number of nitrogens with zero attached hydrogens (tertiary/aromatic N) is 1. The number of carboxylic acid groups (broad SMARTS) is 1. The van der Waals surface area contributed by atoms with Gasteiger partial charge in [0.15, 0.2) is 0 Å². The van der Waals surface area contributed by atoms with Crippen molar-refractivity contribution < 1.29 is 9.90 Å². The zero-order chi connectivity index (χ0) is 12.3. The molecule has 0 aliphatic heterocycles. The maximum Gasteiger partial charge on any atom is 0.324 e. The van der Waals surface area contributed by atoms with Crippen LogP contribution < -0.4 is 0 Å². The smallest absolute Gasteiger partial charge is 0.324 e. The Hall–Kier alpha value is -0.570. The van der Waals surface area contributed by atoms with Crippen LogP contribution in [0, 0.1) is 5.92 Å². The Labute approximate surface area is 98.8 Å². The molecule has 3 unspecified atom stereocenters. The van der Waals surface area contributed by atoms with E-state index in [0.717, 1.165) is 25.7 Å². The summed E-state index contributed by atoms with van der Waals surface area (Å²) >= 11 is 0. The number of likely N-dealkylation sites (N-methyl/N-ethyl adjacent to an activating group) is 1. The van der Waals surface area contributed by atoms with Gasteiger partial charge in [0.05, 0.1) is 0 Å². The summed E-state index contributed by atoms with van der Waals surface area (Å²) in [4.78, 5) is 13.8. The molecule has 0 saturated heterocycles. The minimum absolute atomic E-state index is 0.248. The lowest BCUT2D eigenvalue weighted by Gasteiger charge is -2.48. The molecule has 0 heterocycles. The molecular formula is C13H25NO2. The number of carboxylic acids is 1. The van der Waals surface area contributed by atoms with Gasteiger partial charge in [-0.25, -0.2) is 0 Å². The SMILES string of the molecule is CCC(C)N(C)C1(C(=O)O)CCCCC1C. The van der Waals surface area contributed by atoms with E-state index >= 15 is 0 Å². The lowest BCUT2D eigenvalue weighted by atomic mass is 9.72. The van der Waals surface area contributed by atoms with Gasteiger partial charge in [-0.05, 0) is 39.2 Å².